The number of ether oxygens (including phenoxy) is 3. The fourth-order valence-corrected chi connectivity index (χ4v) is 11.1. The molecule has 0 aliphatic heterocycles. The number of unbranched alkanes of at least 4 members (excludes halogenated alkanes) is 52. The Labute approximate surface area is 493 Å². The molecule has 0 spiro atoms. The summed E-state index contributed by atoms with van der Waals surface area (Å²) in [6, 6.07) is 0. The summed E-state index contributed by atoms with van der Waals surface area (Å²) in [6.45, 7) is 6.66. The van der Waals surface area contributed by atoms with Gasteiger partial charge in [0.1, 0.15) is 13.2 Å². The molecular weight excluding hydrogens is 973 g/mol. The third kappa shape index (κ3) is 66.6. The standard InChI is InChI=1S/C73H138O6/c1-4-7-10-13-16-19-22-24-26-27-28-29-30-31-32-33-34-35-36-37-38-39-40-41-42-43-44-45-47-48-51-54-57-60-63-66-72(75)78-69-70(68-77-71(74)65-62-59-56-53-50-21-18-15-12-9-6-3)79-73(76)67-64-61-58-55-52-49-46-25-23-20-17-14-11-8-5-2/h17,20,25,46,70H,4-16,18-19,21-24,26-45,47-69H2,1-3H3/b20-17-,46-25-. The molecule has 0 radical (unpaired) electrons. The van der Waals surface area contributed by atoms with Crippen molar-refractivity contribution in [3.05, 3.63) is 24.3 Å². The van der Waals surface area contributed by atoms with Gasteiger partial charge in [0.05, 0.1) is 0 Å². The van der Waals surface area contributed by atoms with Crippen molar-refractivity contribution in [2.75, 3.05) is 13.2 Å². The van der Waals surface area contributed by atoms with Crippen LogP contribution >= 0.6 is 0 Å². The summed E-state index contributed by atoms with van der Waals surface area (Å²) < 4.78 is 16.9. The van der Waals surface area contributed by atoms with Crippen LogP contribution < -0.4 is 0 Å². The molecule has 6 heteroatoms. The highest BCUT2D eigenvalue weighted by molar-refractivity contribution is 5.71. The number of esters is 3. The predicted octanol–water partition coefficient (Wildman–Crippen LogP) is 24.6. The molecule has 0 saturated carbocycles. The lowest BCUT2D eigenvalue weighted by atomic mass is 10.0. The van der Waals surface area contributed by atoms with Crippen LogP contribution in [0, 0.1) is 0 Å². The molecular formula is C73H138O6. The number of allylic oxidation sites excluding steroid dienone is 4. The van der Waals surface area contributed by atoms with Crippen molar-refractivity contribution in [3.63, 3.8) is 0 Å². The van der Waals surface area contributed by atoms with Gasteiger partial charge in [0.25, 0.3) is 0 Å². The lowest BCUT2D eigenvalue weighted by Gasteiger charge is -2.18. The Hall–Kier alpha value is -2.11. The molecule has 79 heavy (non-hydrogen) atoms. The van der Waals surface area contributed by atoms with Gasteiger partial charge in [-0.15, -0.1) is 0 Å². The van der Waals surface area contributed by atoms with Crippen molar-refractivity contribution < 1.29 is 28.6 Å². The van der Waals surface area contributed by atoms with Crippen LogP contribution in [0.15, 0.2) is 24.3 Å². The Balaban J connectivity index is 3.99. The summed E-state index contributed by atoms with van der Waals surface area (Å²) in [5.74, 6) is -0.860. The maximum atomic E-state index is 12.9. The first-order valence-corrected chi connectivity index (χ1v) is 35.8. The van der Waals surface area contributed by atoms with Crippen molar-refractivity contribution >= 4 is 17.9 Å². The molecule has 0 aromatic heterocycles. The van der Waals surface area contributed by atoms with Gasteiger partial charge in [-0.2, -0.15) is 0 Å². The highest BCUT2D eigenvalue weighted by atomic mass is 16.6. The van der Waals surface area contributed by atoms with Gasteiger partial charge in [0.15, 0.2) is 6.10 Å². The van der Waals surface area contributed by atoms with Gasteiger partial charge in [0.2, 0.25) is 0 Å². The number of rotatable bonds is 67. The third-order valence-electron chi connectivity index (χ3n) is 16.5. The maximum Gasteiger partial charge on any atom is 0.306 e. The molecule has 0 N–H and O–H groups in total. The Morgan fingerprint density at radius 1 is 0.253 bits per heavy atom. The van der Waals surface area contributed by atoms with Crippen LogP contribution in [0.1, 0.15) is 406 Å². The average Bonchev–Trinajstić information content (AvgIpc) is 3.45. The second kappa shape index (κ2) is 68.4. The van der Waals surface area contributed by atoms with E-state index in [1.165, 1.54) is 289 Å². The van der Waals surface area contributed by atoms with Gasteiger partial charge in [-0.25, -0.2) is 0 Å². The second-order valence-corrected chi connectivity index (χ2v) is 24.5. The van der Waals surface area contributed by atoms with Crippen molar-refractivity contribution in [1.82, 2.24) is 0 Å². The first kappa shape index (κ1) is 76.9. The average molecular weight is 1110 g/mol. The molecule has 0 aliphatic rings. The van der Waals surface area contributed by atoms with Crippen molar-refractivity contribution in [2.24, 2.45) is 0 Å². The van der Waals surface area contributed by atoms with Crippen LogP contribution in [0.2, 0.25) is 0 Å². The Morgan fingerprint density at radius 2 is 0.456 bits per heavy atom. The SMILES string of the molecule is CCCCC/C=C\C/C=C\CCCCCCCC(=O)OC(COC(=O)CCCCCCCCCCCCC)COC(=O)CCCCCCCCCCCCCCCCCCCCCCCCCCCCCCCCCCCCC. The molecule has 0 aromatic carbocycles. The first-order chi connectivity index (χ1) is 39.0. The Kier molecular flexibility index (Phi) is 66.6. The fourth-order valence-electron chi connectivity index (χ4n) is 11.1. The molecule has 6 nitrogen and oxygen atoms in total. The topological polar surface area (TPSA) is 78.9 Å². The van der Waals surface area contributed by atoms with Gasteiger partial charge in [-0.3, -0.25) is 14.4 Å². The summed E-state index contributed by atoms with van der Waals surface area (Å²) in [5.41, 5.74) is 0. The van der Waals surface area contributed by atoms with E-state index in [0.717, 1.165) is 77.0 Å². The molecule has 0 saturated heterocycles. The number of carbonyl (C=O) groups is 3. The van der Waals surface area contributed by atoms with Crippen LogP contribution in [0.25, 0.3) is 0 Å². The Bertz CT molecular complexity index is 1270. The Morgan fingerprint density at radius 3 is 0.722 bits per heavy atom. The molecule has 0 rings (SSSR count). The minimum Gasteiger partial charge on any atom is -0.462 e. The van der Waals surface area contributed by atoms with Gasteiger partial charge >= 0.3 is 17.9 Å². The predicted molar refractivity (Wildman–Crippen MR) is 344 cm³/mol. The fraction of sp³-hybridized carbons (Fsp3) is 0.904. The van der Waals surface area contributed by atoms with E-state index in [2.05, 4.69) is 45.1 Å². The number of hydrogen-bond donors (Lipinski definition) is 0. The smallest absolute Gasteiger partial charge is 0.306 e. The van der Waals surface area contributed by atoms with E-state index in [4.69, 9.17) is 14.2 Å². The normalized spacial score (nSPS) is 12.1. The number of carbonyl (C=O) groups excluding carboxylic acids is 3. The summed E-state index contributed by atoms with van der Waals surface area (Å²) in [6.07, 6.45) is 83.9. The van der Waals surface area contributed by atoms with Crippen LogP contribution in [0.5, 0.6) is 0 Å². The van der Waals surface area contributed by atoms with E-state index in [-0.39, 0.29) is 31.1 Å². The quantitative estimate of drug-likeness (QED) is 0.0261. The highest BCUT2D eigenvalue weighted by Crippen LogP contribution is 2.19. The van der Waals surface area contributed by atoms with Crippen molar-refractivity contribution in [3.8, 4) is 0 Å². The van der Waals surface area contributed by atoms with Gasteiger partial charge in [-0.05, 0) is 51.4 Å². The van der Waals surface area contributed by atoms with E-state index in [1.54, 1.807) is 0 Å². The molecule has 466 valence electrons. The molecule has 0 amide bonds. The summed E-state index contributed by atoms with van der Waals surface area (Å²) >= 11 is 0. The van der Waals surface area contributed by atoms with Gasteiger partial charge in [-0.1, -0.05) is 360 Å². The minimum atomic E-state index is -0.774. The van der Waals surface area contributed by atoms with E-state index < -0.39 is 6.10 Å². The lowest BCUT2D eigenvalue weighted by molar-refractivity contribution is -0.167. The van der Waals surface area contributed by atoms with Gasteiger partial charge in [0, 0.05) is 19.3 Å². The van der Waals surface area contributed by atoms with Crippen molar-refractivity contribution in [2.45, 2.75) is 412 Å². The first-order valence-electron chi connectivity index (χ1n) is 35.8. The molecule has 0 heterocycles. The minimum absolute atomic E-state index is 0.0713. The van der Waals surface area contributed by atoms with E-state index in [0.29, 0.717) is 19.3 Å². The summed E-state index contributed by atoms with van der Waals surface area (Å²) in [7, 11) is 0. The van der Waals surface area contributed by atoms with E-state index >= 15 is 0 Å². The zero-order chi connectivity index (χ0) is 57.1. The molecule has 0 bridgehead atoms. The van der Waals surface area contributed by atoms with E-state index in [1.807, 2.05) is 0 Å². The van der Waals surface area contributed by atoms with E-state index in [9.17, 15) is 14.4 Å². The third-order valence-corrected chi connectivity index (χ3v) is 16.5. The molecule has 0 aliphatic carbocycles. The molecule has 1 unspecified atom stereocenters. The zero-order valence-corrected chi connectivity index (χ0v) is 53.7. The maximum absolute atomic E-state index is 12.9. The molecule has 0 fully saturated rings. The summed E-state index contributed by atoms with van der Waals surface area (Å²) in [4.78, 5) is 38.2. The van der Waals surface area contributed by atoms with Crippen LogP contribution in [0.4, 0.5) is 0 Å². The lowest BCUT2D eigenvalue weighted by Crippen LogP contribution is -2.30. The number of hydrogen-bond acceptors (Lipinski definition) is 6. The largest absolute Gasteiger partial charge is 0.462 e. The molecule has 0 aromatic rings. The van der Waals surface area contributed by atoms with Crippen LogP contribution in [-0.4, -0.2) is 37.2 Å². The highest BCUT2D eigenvalue weighted by Gasteiger charge is 2.19. The molecule has 1 atom stereocenters. The zero-order valence-electron chi connectivity index (χ0n) is 53.7. The van der Waals surface area contributed by atoms with Crippen LogP contribution in [-0.2, 0) is 28.6 Å². The van der Waals surface area contributed by atoms with Crippen molar-refractivity contribution in [1.29, 1.82) is 0 Å². The summed E-state index contributed by atoms with van der Waals surface area (Å²) in [5, 5.41) is 0. The van der Waals surface area contributed by atoms with Crippen LogP contribution in [0.3, 0.4) is 0 Å². The monoisotopic (exact) mass is 1110 g/mol. The second-order valence-electron chi connectivity index (χ2n) is 24.5. The van der Waals surface area contributed by atoms with Gasteiger partial charge < -0.3 is 14.2 Å².